The number of benzene rings is 1. The van der Waals surface area contributed by atoms with E-state index >= 15 is 0 Å². The van der Waals surface area contributed by atoms with E-state index < -0.39 is 6.10 Å². The van der Waals surface area contributed by atoms with Crippen molar-refractivity contribution >= 4 is 5.91 Å². The van der Waals surface area contributed by atoms with Crippen molar-refractivity contribution in [2.45, 2.75) is 44.8 Å². The van der Waals surface area contributed by atoms with Crippen molar-refractivity contribution in [2.75, 3.05) is 13.7 Å². The molecule has 116 valence electrons. The molecule has 0 radical (unpaired) electrons. The van der Waals surface area contributed by atoms with Crippen LogP contribution in [0.15, 0.2) is 18.2 Å². The first-order chi connectivity index (χ1) is 10.0. The number of rotatable bonds is 4. The van der Waals surface area contributed by atoms with Gasteiger partial charge in [-0.15, -0.1) is 0 Å². The predicted molar refractivity (Wildman–Crippen MR) is 79.6 cm³/mol. The number of carbonyl (C=O) groups excluding carboxylic acids is 1. The summed E-state index contributed by atoms with van der Waals surface area (Å²) in [4.78, 5) is 14.4. The Labute approximate surface area is 125 Å². The SMILES string of the molecule is COc1ccc(C(=O)N2CCCCC2CC(C)O)c(O)c1. The zero-order valence-corrected chi connectivity index (χ0v) is 12.6. The molecule has 1 heterocycles. The predicted octanol–water partition coefficient (Wildman–Crippen LogP) is 2.17. The third kappa shape index (κ3) is 3.67. The highest BCUT2D eigenvalue weighted by molar-refractivity contribution is 5.97. The number of hydrogen-bond donors (Lipinski definition) is 2. The summed E-state index contributed by atoms with van der Waals surface area (Å²) >= 11 is 0. The smallest absolute Gasteiger partial charge is 0.257 e. The van der Waals surface area contributed by atoms with E-state index in [4.69, 9.17) is 4.74 Å². The van der Waals surface area contributed by atoms with Crippen LogP contribution in [0, 0.1) is 0 Å². The molecule has 0 bridgehead atoms. The van der Waals surface area contributed by atoms with E-state index in [1.54, 1.807) is 24.0 Å². The van der Waals surface area contributed by atoms with Gasteiger partial charge in [0.1, 0.15) is 11.5 Å². The largest absolute Gasteiger partial charge is 0.507 e. The minimum absolute atomic E-state index is 0.0350. The molecule has 1 aromatic carbocycles. The van der Waals surface area contributed by atoms with Crippen LogP contribution in [0.5, 0.6) is 11.5 Å². The van der Waals surface area contributed by atoms with Gasteiger partial charge >= 0.3 is 0 Å². The number of nitrogens with zero attached hydrogens (tertiary/aromatic N) is 1. The molecular formula is C16H23NO4. The number of aliphatic hydroxyl groups is 1. The minimum Gasteiger partial charge on any atom is -0.507 e. The lowest BCUT2D eigenvalue weighted by molar-refractivity contribution is 0.0512. The first-order valence-corrected chi connectivity index (χ1v) is 7.39. The zero-order chi connectivity index (χ0) is 15.4. The molecule has 1 amide bonds. The number of ether oxygens (including phenoxy) is 1. The lowest BCUT2D eigenvalue weighted by Crippen LogP contribution is -2.45. The summed E-state index contributed by atoms with van der Waals surface area (Å²) < 4.78 is 5.03. The van der Waals surface area contributed by atoms with Crippen molar-refractivity contribution in [3.05, 3.63) is 23.8 Å². The topological polar surface area (TPSA) is 70.0 Å². The van der Waals surface area contributed by atoms with Crippen LogP contribution < -0.4 is 4.74 Å². The molecule has 1 saturated heterocycles. The molecule has 2 atom stereocenters. The number of likely N-dealkylation sites (tertiary alicyclic amines) is 1. The monoisotopic (exact) mass is 293 g/mol. The Morgan fingerprint density at radius 1 is 1.48 bits per heavy atom. The molecule has 1 fully saturated rings. The van der Waals surface area contributed by atoms with Crippen LogP contribution in [0.1, 0.15) is 43.0 Å². The third-order valence-corrected chi connectivity index (χ3v) is 3.94. The van der Waals surface area contributed by atoms with Crippen LogP contribution in [0.3, 0.4) is 0 Å². The maximum atomic E-state index is 12.7. The third-order valence-electron chi connectivity index (χ3n) is 3.94. The zero-order valence-electron chi connectivity index (χ0n) is 12.6. The first-order valence-electron chi connectivity index (χ1n) is 7.39. The van der Waals surface area contributed by atoms with Crippen molar-refractivity contribution in [1.82, 2.24) is 4.90 Å². The fourth-order valence-corrected chi connectivity index (χ4v) is 2.88. The number of carbonyl (C=O) groups is 1. The molecule has 21 heavy (non-hydrogen) atoms. The van der Waals surface area contributed by atoms with Crippen LogP contribution in [-0.2, 0) is 0 Å². The molecule has 5 heteroatoms. The molecule has 2 N–H and O–H groups in total. The summed E-state index contributed by atoms with van der Waals surface area (Å²) in [5, 5.41) is 19.6. The highest BCUT2D eigenvalue weighted by atomic mass is 16.5. The van der Waals surface area contributed by atoms with E-state index in [9.17, 15) is 15.0 Å². The average Bonchev–Trinajstić information content (AvgIpc) is 2.46. The van der Waals surface area contributed by atoms with E-state index in [1.165, 1.54) is 13.2 Å². The molecule has 2 rings (SSSR count). The Morgan fingerprint density at radius 3 is 2.86 bits per heavy atom. The van der Waals surface area contributed by atoms with Gasteiger partial charge in [-0.2, -0.15) is 0 Å². The van der Waals surface area contributed by atoms with E-state index in [1.807, 2.05) is 0 Å². The summed E-state index contributed by atoms with van der Waals surface area (Å²) in [6, 6.07) is 4.74. The lowest BCUT2D eigenvalue weighted by atomic mass is 9.96. The molecule has 1 aliphatic heterocycles. The molecule has 0 aromatic heterocycles. The van der Waals surface area contributed by atoms with Gasteiger partial charge in [-0.05, 0) is 44.7 Å². The second-order valence-electron chi connectivity index (χ2n) is 5.62. The highest BCUT2D eigenvalue weighted by Gasteiger charge is 2.29. The molecule has 2 unspecified atom stereocenters. The van der Waals surface area contributed by atoms with E-state index in [2.05, 4.69) is 0 Å². The number of aromatic hydroxyl groups is 1. The molecule has 0 spiro atoms. The maximum absolute atomic E-state index is 12.7. The van der Waals surface area contributed by atoms with Gasteiger partial charge in [-0.1, -0.05) is 0 Å². The second kappa shape index (κ2) is 6.80. The van der Waals surface area contributed by atoms with Crippen molar-refractivity contribution in [3.63, 3.8) is 0 Å². The van der Waals surface area contributed by atoms with Crippen LogP contribution in [0.4, 0.5) is 0 Å². The Morgan fingerprint density at radius 2 is 2.24 bits per heavy atom. The van der Waals surface area contributed by atoms with Gasteiger partial charge in [-0.3, -0.25) is 4.79 Å². The number of aliphatic hydroxyl groups excluding tert-OH is 1. The van der Waals surface area contributed by atoms with Gasteiger partial charge in [0, 0.05) is 18.7 Å². The Bertz CT molecular complexity index is 501. The number of amides is 1. The van der Waals surface area contributed by atoms with Gasteiger partial charge in [0.15, 0.2) is 0 Å². The molecule has 0 saturated carbocycles. The Hall–Kier alpha value is -1.75. The second-order valence-corrected chi connectivity index (χ2v) is 5.62. The van der Waals surface area contributed by atoms with E-state index in [-0.39, 0.29) is 23.3 Å². The van der Waals surface area contributed by atoms with E-state index in [0.717, 1.165) is 19.3 Å². The van der Waals surface area contributed by atoms with Crippen LogP contribution in [0.25, 0.3) is 0 Å². The fourth-order valence-electron chi connectivity index (χ4n) is 2.88. The summed E-state index contributed by atoms with van der Waals surface area (Å²) in [5.41, 5.74) is 0.285. The molecule has 1 aliphatic rings. The minimum atomic E-state index is -0.437. The number of piperidine rings is 1. The Balaban J connectivity index is 2.20. The maximum Gasteiger partial charge on any atom is 0.257 e. The summed E-state index contributed by atoms with van der Waals surface area (Å²) in [6.45, 7) is 2.41. The van der Waals surface area contributed by atoms with Gasteiger partial charge < -0.3 is 19.8 Å². The number of methoxy groups -OCH3 is 1. The van der Waals surface area contributed by atoms with Crippen molar-refractivity contribution in [2.24, 2.45) is 0 Å². The van der Waals surface area contributed by atoms with Gasteiger partial charge in [0.25, 0.3) is 5.91 Å². The summed E-state index contributed by atoms with van der Waals surface area (Å²) in [5.74, 6) is 0.268. The van der Waals surface area contributed by atoms with Crippen LogP contribution >= 0.6 is 0 Å². The number of phenols is 1. The first kappa shape index (κ1) is 15.6. The van der Waals surface area contributed by atoms with Crippen molar-refractivity contribution < 1.29 is 19.7 Å². The summed E-state index contributed by atoms with van der Waals surface area (Å²) in [7, 11) is 1.51. The highest BCUT2D eigenvalue weighted by Crippen LogP contribution is 2.28. The van der Waals surface area contributed by atoms with Crippen molar-refractivity contribution in [3.8, 4) is 11.5 Å². The standard InChI is InChI=1S/C16H23NO4/c1-11(18)9-12-5-3-4-8-17(12)16(20)14-7-6-13(21-2)10-15(14)19/h6-7,10-12,18-19H,3-5,8-9H2,1-2H3. The number of hydrogen-bond acceptors (Lipinski definition) is 4. The lowest BCUT2D eigenvalue weighted by Gasteiger charge is -2.36. The van der Waals surface area contributed by atoms with Gasteiger partial charge in [-0.25, -0.2) is 0 Å². The van der Waals surface area contributed by atoms with Gasteiger partial charge in [0.05, 0.1) is 18.8 Å². The Kier molecular flexibility index (Phi) is 5.07. The molecule has 5 nitrogen and oxygen atoms in total. The molecule has 1 aromatic rings. The normalized spacial score (nSPS) is 20.1. The van der Waals surface area contributed by atoms with Gasteiger partial charge in [0.2, 0.25) is 0 Å². The summed E-state index contributed by atoms with van der Waals surface area (Å²) in [6.07, 6.45) is 3.05. The van der Waals surface area contributed by atoms with Crippen molar-refractivity contribution in [1.29, 1.82) is 0 Å². The number of phenolic OH excluding ortho intramolecular Hbond substituents is 1. The average molecular weight is 293 g/mol. The van der Waals surface area contributed by atoms with Crippen LogP contribution in [0.2, 0.25) is 0 Å². The fraction of sp³-hybridized carbons (Fsp3) is 0.562. The van der Waals surface area contributed by atoms with Crippen LogP contribution in [-0.4, -0.2) is 46.8 Å². The molecule has 0 aliphatic carbocycles. The quantitative estimate of drug-likeness (QED) is 0.892. The molecular weight excluding hydrogens is 270 g/mol. The van der Waals surface area contributed by atoms with E-state index in [0.29, 0.717) is 18.7 Å².